The molecule has 0 bridgehead atoms. The normalized spacial score (nSPS) is 34.3. The third-order valence-electron chi connectivity index (χ3n) is 5.13. The zero-order valence-electron chi connectivity index (χ0n) is 10.6. The van der Waals surface area contributed by atoms with E-state index in [1.54, 1.807) is 0 Å². The van der Waals surface area contributed by atoms with E-state index in [2.05, 4.69) is 42.5 Å². The molecule has 18 heavy (non-hydrogen) atoms. The van der Waals surface area contributed by atoms with Crippen LogP contribution in [0.1, 0.15) is 31.2 Å². The molecule has 1 heteroatoms. The summed E-state index contributed by atoms with van der Waals surface area (Å²) in [6, 6.07) is 15.3. The molecule has 2 N–H and O–H groups in total. The van der Waals surface area contributed by atoms with Crippen LogP contribution in [0.2, 0.25) is 0 Å². The number of nitrogens with two attached hydrogens (primary N) is 1. The van der Waals surface area contributed by atoms with Gasteiger partial charge in [-0.3, -0.25) is 0 Å². The summed E-state index contributed by atoms with van der Waals surface area (Å²) < 4.78 is 0. The zero-order valence-corrected chi connectivity index (χ0v) is 10.6. The van der Waals surface area contributed by atoms with Gasteiger partial charge >= 0.3 is 0 Å². The highest BCUT2D eigenvalue weighted by molar-refractivity contribution is 5.83. The van der Waals surface area contributed by atoms with E-state index < -0.39 is 0 Å². The molecule has 0 spiro atoms. The standard InChI is InChI=1S/C17H19N/c18-17(15-7-3-4-8-16(15)17)14-10-9-12-5-1-2-6-13(12)11-14/h1-2,5-6,9-11,15-16H,3-4,7-8,18H2. The third-order valence-corrected chi connectivity index (χ3v) is 5.13. The summed E-state index contributed by atoms with van der Waals surface area (Å²) in [6.45, 7) is 0. The van der Waals surface area contributed by atoms with Crippen LogP contribution in [0.15, 0.2) is 42.5 Å². The second-order valence-electron chi connectivity index (χ2n) is 5.99. The van der Waals surface area contributed by atoms with Gasteiger partial charge in [0, 0.05) is 5.54 Å². The summed E-state index contributed by atoms with van der Waals surface area (Å²) in [5, 5.41) is 2.64. The third kappa shape index (κ3) is 1.31. The highest BCUT2D eigenvalue weighted by atomic mass is 14.9. The van der Waals surface area contributed by atoms with Gasteiger partial charge in [-0.05, 0) is 47.1 Å². The molecule has 0 saturated heterocycles. The fraction of sp³-hybridized carbons (Fsp3) is 0.412. The number of benzene rings is 2. The SMILES string of the molecule is NC1(c2ccc3ccccc3c2)C2CCCCC21. The summed E-state index contributed by atoms with van der Waals surface area (Å²) in [5.74, 6) is 1.49. The fourth-order valence-corrected chi connectivity index (χ4v) is 4.06. The zero-order chi connectivity index (χ0) is 12.2. The summed E-state index contributed by atoms with van der Waals surface area (Å²) in [4.78, 5) is 0. The maximum Gasteiger partial charge on any atom is 0.0473 e. The molecule has 2 atom stereocenters. The van der Waals surface area contributed by atoms with Gasteiger partial charge in [0.2, 0.25) is 0 Å². The smallest absolute Gasteiger partial charge is 0.0473 e. The van der Waals surface area contributed by atoms with Crippen molar-refractivity contribution in [1.82, 2.24) is 0 Å². The van der Waals surface area contributed by atoms with E-state index in [1.807, 2.05) is 0 Å². The quantitative estimate of drug-likeness (QED) is 0.801. The Labute approximate surface area is 108 Å². The topological polar surface area (TPSA) is 26.0 Å². The van der Waals surface area contributed by atoms with E-state index >= 15 is 0 Å². The Kier molecular flexibility index (Phi) is 2.10. The minimum Gasteiger partial charge on any atom is -0.321 e. The number of rotatable bonds is 1. The predicted molar refractivity (Wildman–Crippen MR) is 75.3 cm³/mol. The molecule has 92 valence electrons. The lowest BCUT2D eigenvalue weighted by Crippen LogP contribution is -2.23. The van der Waals surface area contributed by atoms with Crippen molar-refractivity contribution in [1.29, 1.82) is 0 Å². The van der Waals surface area contributed by atoms with Crippen molar-refractivity contribution in [3.63, 3.8) is 0 Å². The van der Waals surface area contributed by atoms with Crippen LogP contribution in [0, 0.1) is 11.8 Å². The molecule has 2 unspecified atom stereocenters. The Morgan fingerprint density at radius 2 is 1.56 bits per heavy atom. The number of hydrogen-bond donors (Lipinski definition) is 1. The first kappa shape index (κ1) is 10.6. The van der Waals surface area contributed by atoms with Crippen LogP contribution >= 0.6 is 0 Å². The molecular weight excluding hydrogens is 218 g/mol. The molecule has 2 aromatic rings. The van der Waals surface area contributed by atoms with E-state index in [4.69, 9.17) is 5.73 Å². The lowest BCUT2D eigenvalue weighted by atomic mass is 9.98. The Morgan fingerprint density at radius 1 is 0.889 bits per heavy atom. The van der Waals surface area contributed by atoms with Crippen molar-refractivity contribution >= 4 is 10.8 Å². The number of fused-ring (bicyclic) bond motifs is 2. The first-order chi connectivity index (χ1) is 8.80. The number of hydrogen-bond acceptors (Lipinski definition) is 1. The molecule has 0 aromatic heterocycles. The second-order valence-corrected chi connectivity index (χ2v) is 5.99. The van der Waals surface area contributed by atoms with Crippen molar-refractivity contribution in [2.24, 2.45) is 17.6 Å². The fourth-order valence-electron chi connectivity index (χ4n) is 4.06. The minimum atomic E-state index is -0.0134. The van der Waals surface area contributed by atoms with E-state index in [-0.39, 0.29) is 5.54 Å². The highest BCUT2D eigenvalue weighted by Crippen LogP contribution is 2.62. The van der Waals surface area contributed by atoms with Gasteiger partial charge in [0.15, 0.2) is 0 Å². The molecule has 0 amide bonds. The largest absolute Gasteiger partial charge is 0.321 e. The van der Waals surface area contributed by atoms with E-state index in [0.29, 0.717) is 0 Å². The van der Waals surface area contributed by atoms with Crippen molar-refractivity contribution in [3.05, 3.63) is 48.0 Å². The maximum atomic E-state index is 6.71. The molecule has 4 rings (SSSR count). The van der Waals surface area contributed by atoms with Crippen molar-refractivity contribution in [3.8, 4) is 0 Å². The predicted octanol–water partition coefficient (Wildman–Crippen LogP) is 3.81. The van der Waals surface area contributed by atoms with Gasteiger partial charge in [0.05, 0.1) is 0 Å². The van der Waals surface area contributed by atoms with Crippen LogP contribution in [-0.4, -0.2) is 0 Å². The maximum absolute atomic E-state index is 6.71. The molecule has 0 heterocycles. The molecule has 1 nitrogen and oxygen atoms in total. The second kappa shape index (κ2) is 3.58. The van der Waals surface area contributed by atoms with Crippen LogP contribution in [0.3, 0.4) is 0 Å². The molecule has 2 aliphatic carbocycles. The molecule has 0 radical (unpaired) electrons. The lowest BCUT2D eigenvalue weighted by molar-refractivity contribution is 0.480. The lowest BCUT2D eigenvalue weighted by Gasteiger charge is -2.13. The van der Waals surface area contributed by atoms with Crippen LogP contribution in [0.4, 0.5) is 0 Å². The minimum absolute atomic E-state index is 0.0134. The van der Waals surface area contributed by atoms with Gasteiger partial charge in [-0.2, -0.15) is 0 Å². The Balaban J connectivity index is 1.79. The summed E-state index contributed by atoms with van der Waals surface area (Å²) in [7, 11) is 0. The molecule has 0 aliphatic heterocycles. The van der Waals surface area contributed by atoms with Gasteiger partial charge < -0.3 is 5.73 Å². The Bertz CT molecular complexity index is 589. The first-order valence-corrected chi connectivity index (χ1v) is 7.08. The average molecular weight is 237 g/mol. The Hall–Kier alpha value is -1.34. The van der Waals surface area contributed by atoms with Crippen LogP contribution in [0.5, 0.6) is 0 Å². The van der Waals surface area contributed by atoms with Gasteiger partial charge in [-0.1, -0.05) is 49.2 Å². The molecule has 2 aliphatic rings. The average Bonchev–Trinajstić information content (AvgIpc) is 3.06. The molecule has 2 aromatic carbocycles. The van der Waals surface area contributed by atoms with E-state index in [1.165, 1.54) is 42.0 Å². The summed E-state index contributed by atoms with van der Waals surface area (Å²) >= 11 is 0. The molecule has 2 fully saturated rings. The van der Waals surface area contributed by atoms with E-state index in [0.717, 1.165) is 11.8 Å². The van der Waals surface area contributed by atoms with Gasteiger partial charge in [-0.25, -0.2) is 0 Å². The monoisotopic (exact) mass is 237 g/mol. The van der Waals surface area contributed by atoms with Gasteiger partial charge in [-0.15, -0.1) is 0 Å². The summed E-state index contributed by atoms with van der Waals surface area (Å²) in [5.41, 5.74) is 8.05. The Morgan fingerprint density at radius 3 is 2.28 bits per heavy atom. The molecule has 2 saturated carbocycles. The van der Waals surface area contributed by atoms with Gasteiger partial charge in [0.25, 0.3) is 0 Å². The summed E-state index contributed by atoms with van der Waals surface area (Å²) in [6.07, 6.45) is 5.39. The first-order valence-electron chi connectivity index (χ1n) is 7.08. The van der Waals surface area contributed by atoms with Crippen molar-refractivity contribution in [2.75, 3.05) is 0 Å². The van der Waals surface area contributed by atoms with Crippen molar-refractivity contribution in [2.45, 2.75) is 31.2 Å². The molecular formula is C17H19N. The van der Waals surface area contributed by atoms with Crippen LogP contribution in [-0.2, 0) is 5.54 Å². The van der Waals surface area contributed by atoms with Crippen LogP contribution in [0.25, 0.3) is 10.8 Å². The van der Waals surface area contributed by atoms with E-state index in [9.17, 15) is 0 Å². The van der Waals surface area contributed by atoms with Gasteiger partial charge in [0.1, 0.15) is 0 Å². The highest BCUT2D eigenvalue weighted by Gasteiger charge is 2.62. The van der Waals surface area contributed by atoms with Crippen molar-refractivity contribution < 1.29 is 0 Å². The van der Waals surface area contributed by atoms with Crippen LogP contribution < -0.4 is 5.73 Å².